The van der Waals surface area contributed by atoms with E-state index >= 15 is 0 Å². The molecule has 5 nitrogen and oxygen atoms in total. The number of benzene rings is 1. The summed E-state index contributed by atoms with van der Waals surface area (Å²) in [7, 11) is -3.47. The maximum atomic E-state index is 11.7. The zero-order valence-electron chi connectivity index (χ0n) is 11.5. The Balaban J connectivity index is 2.33. The number of hydrogen-bond donors (Lipinski definition) is 2. The Morgan fingerprint density at radius 1 is 1.19 bits per heavy atom. The molecule has 0 spiro atoms. The van der Waals surface area contributed by atoms with Crippen molar-refractivity contribution in [3.63, 3.8) is 0 Å². The molecule has 0 aliphatic carbocycles. The Hall–Kier alpha value is -1.37. The van der Waals surface area contributed by atoms with Crippen LogP contribution in [0.4, 0.5) is 0 Å². The van der Waals surface area contributed by atoms with Crippen molar-refractivity contribution in [1.29, 1.82) is 0 Å². The number of halogens is 1. The summed E-state index contributed by atoms with van der Waals surface area (Å²) in [5, 5.41) is 10.2. The van der Waals surface area contributed by atoms with Gasteiger partial charge in [-0.1, -0.05) is 30.2 Å². The van der Waals surface area contributed by atoms with Gasteiger partial charge in [0.15, 0.2) is 0 Å². The fraction of sp³-hybridized carbons (Fsp3) is 0.357. The highest BCUT2D eigenvalue weighted by atomic mass is 35.5. The van der Waals surface area contributed by atoms with Crippen molar-refractivity contribution < 1.29 is 18.3 Å². The molecule has 0 fully saturated rings. The van der Waals surface area contributed by atoms with E-state index in [1.165, 1.54) is 6.08 Å². The first-order valence-corrected chi connectivity index (χ1v) is 8.46. The third kappa shape index (κ3) is 8.49. The minimum atomic E-state index is -3.47. The highest BCUT2D eigenvalue weighted by molar-refractivity contribution is 7.92. The zero-order valence-corrected chi connectivity index (χ0v) is 13.0. The number of sulfonamides is 1. The molecule has 0 atom stereocenters. The lowest BCUT2D eigenvalue weighted by Gasteiger charge is -2.02. The second-order valence-corrected chi connectivity index (χ2v) is 6.59. The highest BCUT2D eigenvalue weighted by Gasteiger charge is 2.04. The van der Waals surface area contributed by atoms with Gasteiger partial charge < -0.3 is 5.11 Å². The summed E-state index contributed by atoms with van der Waals surface area (Å²) in [6.45, 7) is 0.299. The van der Waals surface area contributed by atoms with Gasteiger partial charge in [-0.3, -0.25) is 4.79 Å². The number of carboxylic acid groups (broad SMARTS) is 1. The van der Waals surface area contributed by atoms with Gasteiger partial charge in [0.25, 0.3) is 0 Å². The Morgan fingerprint density at radius 3 is 2.48 bits per heavy atom. The van der Waals surface area contributed by atoms with Gasteiger partial charge in [0.1, 0.15) is 0 Å². The van der Waals surface area contributed by atoms with Crippen LogP contribution in [0.25, 0.3) is 6.08 Å². The average Bonchev–Trinajstić information content (AvgIpc) is 2.42. The zero-order chi connectivity index (χ0) is 15.7. The molecular weight excluding hydrogens is 314 g/mol. The third-order valence-corrected chi connectivity index (χ3v) is 4.03. The molecule has 1 rings (SSSR count). The van der Waals surface area contributed by atoms with E-state index in [9.17, 15) is 13.2 Å². The Bertz CT molecular complexity index is 581. The maximum absolute atomic E-state index is 11.7. The molecule has 0 bridgehead atoms. The molecular formula is C14H18ClNO4S. The van der Waals surface area contributed by atoms with Crippen LogP contribution in [0, 0.1) is 0 Å². The molecule has 0 aliphatic heterocycles. The molecule has 1 aromatic carbocycles. The van der Waals surface area contributed by atoms with Gasteiger partial charge in [0.05, 0.1) is 0 Å². The van der Waals surface area contributed by atoms with E-state index in [0.29, 0.717) is 30.8 Å². The number of nitrogens with one attached hydrogen (secondary N) is 1. The quantitative estimate of drug-likeness (QED) is 0.681. The molecule has 0 radical (unpaired) electrons. The smallest absolute Gasteiger partial charge is 0.303 e. The van der Waals surface area contributed by atoms with E-state index in [1.807, 2.05) is 0 Å². The normalized spacial score (nSPS) is 11.9. The van der Waals surface area contributed by atoms with Crippen LogP contribution in [0.5, 0.6) is 0 Å². The van der Waals surface area contributed by atoms with Crippen LogP contribution in [-0.4, -0.2) is 26.0 Å². The van der Waals surface area contributed by atoms with Crippen LogP contribution in [0.2, 0.25) is 5.02 Å². The van der Waals surface area contributed by atoms with E-state index in [2.05, 4.69) is 4.72 Å². The van der Waals surface area contributed by atoms with Crippen molar-refractivity contribution in [2.75, 3.05) is 6.54 Å². The maximum Gasteiger partial charge on any atom is 0.303 e. The van der Waals surface area contributed by atoms with Crippen LogP contribution in [-0.2, 0) is 14.8 Å². The van der Waals surface area contributed by atoms with Crippen LogP contribution in [0.1, 0.15) is 31.2 Å². The van der Waals surface area contributed by atoms with E-state index < -0.39 is 16.0 Å². The van der Waals surface area contributed by atoms with Crippen molar-refractivity contribution >= 4 is 33.7 Å². The molecule has 0 aromatic heterocycles. The predicted molar refractivity (Wildman–Crippen MR) is 83.5 cm³/mol. The van der Waals surface area contributed by atoms with Crippen molar-refractivity contribution in [2.45, 2.75) is 25.7 Å². The standard InChI is InChI=1S/C14H18ClNO4S/c15-13-7-5-12(6-8-13)9-11-21(19,20)16-10-3-1-2-4-14(17)18/h5-9,11,16H,1-4,10H2,(H,17,18)/b11-9+. The molecule has 0 aliphatic rings. The first kappa shape index (κ1) is 17.7. The molecule has 2 N–H and O–H groups in total. The first-order valence-electron chi connectivity index (χ1n) is 6.54. The van der Waals surface area contributed by atoms with Crippen molar-refractivity contribution in [2.24, 2.45) is 0 Å². The molecule has 7 heteroatoms. The summed E-state index contributed by atoms with van der Waals surface area (Å²) in [6, 6.07) is 6.81. The number of unbranched alkanes of at least 4 members (excludes halogenated alkanes) is 2. The van der Waals surface area contributed by atoms with E-state index in [4.69, 9.17) is 16.7 Å². The molecule has 1 aromatic rings. The van der Waals surface area contributed by atoms with Gasteiger partial charge >= 0.3 is 5.97 Å². The van der Waals surface area contributed by atoms with Gasteiger partial charge in [-0.25, -0.2) is 13.1 Å². The molecule has 116 valence electrons. The number of carbonyl (C=O) groups is 1. The number of aliphatic carboxylic acids is 1. The summed E-state index contributed by atoms with van der Waals surface area (Å²) in [6.07, 6.45) is 3.45. The summed E-state index contributed by atoms with van der Waals surface area (Å²) < 4.78 is 25.8. The van der Waals surface area contributed by atoms with Crippen LogP contribution >= 0.6 is 11.6 Å². The molecule has 0 saturated carbocycles. The second-order valence-electron chi connectivity index (χ2n) is 4.50. The van der Waals surface area contributed by atoms with E-state index in [0.717, 1.165) is 11.0 Å². The number of hydrogen-bond acceptors (Lipinski definition) is 3. The number of carboxylic acids is 1. The van der Waals surface area contributed by atoms with Gasteiger partial charge in [0, 0.05) is 23.4 Å². The van der Waals surface area contributed by atoms with E-state index in [-0.39, 0.29) is 6.42 Å². The van der Waals surface area contributed by atoms with Crippen LogP contribution < -0.4 is 4.72 Å². The lowest BCUT2D eigenvalue weighted by atomic mass is 10.2. The number of rotatable bonds is 9. The minimum absolute atomic E-state index is 0.114. The highest BCUT2D eigenvalue weighted by Crippen LogP contribution is 2.11. The lowest BCUT2D eigenvalue weighted by molar-refractivity contribution is -0.137. The molecule has 21 heavy (non-hydrogen) atoms. The summed E-state index contributed by atoms with van der Waals surface area (Å²) >= 11 is 5.74. The van der Waals surface area contributed by atoms with Gasteiger partial charge in [-0.2, -0.15) is 0 Å². The predicted octanol–water partition coefficient (Wildman–Crippen LogP) is 2.88. The molecule has 0 heterocycles. The topological polar surface area (TPSA) is 83.5 Å². The Labute approximate surface area is 129 Å². The third-order valence-electron chi connectivity index (χ3n) is 2.68. The SMILES string of the molecule is O=C(O)CCCCCNS(=O)(=O)/C=C/c1ccc(Cl)cc1. The Morgan fingerprint density at radius 2 is 1.86 bits per heavy atom. The second kappa shape index (κ2) is 8.81. The van der Waals surface area contributed by atoms with Crippen LogP contribution in [0.3, 0.4) is 0 Å². The molecule has 0 amide bonds. The summed E-state index contributed by atoms with van der Waals surface area (Å²) in [4.78, 5) is 10.3. The molecule has 0 saturated heterocycles. The van der Waals surface area contributed by atoms with Crippen LogP contribution in [0.15, 0.2) is 29.7 Å². The van der Waals surface area contributed by atoms with Gasteiger partial charge in [0.2, 0.25) is 10.0 Å². The fourth-order valence-corrected chi connectivity index (χ4v) is 2.57. The Kier molecular flexibility index (Phi) is 7.42. The van der Waals surface area contributed by atoms with Crippen molar-refractivity contribution in [1.82, 2.24) is 4.72 Å². The van der Waals surface area contributed by atoms with E-state index in [1.54, 1.807) is 24.3 Å². The van der Waals surface area contributed by atoms with Crippen molar-refractivity contribution in [3.05, 3.63) is 40.3 Å². The first-order chi connectivity index (χ1) is 9.89. The monoisotopic (exact) mass is 331 g/mol. The molecule has 0 unspecified atom stereocenters. The minimum Gasteiger partial charge on any atom is -0.481 e. The largest absolute Gasteiger partial charge is 0.481 e. The van der Waals surface area contributed by atoms with Gasteiger partial charge in [-0.15, -0.1) is 0 Å². The summed E-state index contributed by atoms with van der Waals surface area (Å²) in [5.41, 5.74) is 0.742. The average molecular weight is 332 g/mol. The lowest BCUT2D eigenvalue weighted by Crippen LogP contribution is -2.22. The van der Waals surface area contributed by atoms with Gasteiger partial charge in [-0.05, 0) is 36.6 Å². The summed E-state index contributed by atoms with van der Waals surface area (Å²) in [5.74, 6) is -0.832. The fourth-order valence-electron chi connectivity index (χ4n) is 1.58. The van der Waals surface area contributed by atoms with Crippen molar-refractivity contribution in [3.8, 4) is 0 Å².